The van der Waals surface area contributed by atoms with Crippen molar-refractivity contribution in [2.24, 2.45) is 0 Å². The summed E-state index contributed by atoms with van der Waals surface area (Å²) in [6.07, 6.45) is 2.72. The molecule has 6 nitrogen and oxygen atoms in total. The van der Waals surface area contributed by atoms with E-state index in [1.54, 1.807) is 7.11 Å². The standard InChI is InChI=1S/C25H20N5O/c1-31-20-14-12-19(13-15-20)28-24-22-25(27-16-26-24)30-23(29-22)21(17-8-4-2-5-9-17)18-10-6-3-7-11-18/h2-15,21H,1H3,(H2,26,27,28,29,30). The molecule has 0 fully saturated rings. The Balaban J connectivity index is 1.57. The van der Waals surface area contributed by atoms with Crippen molar-refractivity contribution in [2.75, 3.05) is 12.4 Å². The third-order valence-electron chi connectivity index (χ3n) is 5.14. The lowest BCUT2D eigenvalue weighted by molar-refractivity contribution is 0.415. The van der Waals surface area contributed by atoms with Crippen LogP contribution in [0.4, 0.5) is 11.5 Å². The van der Waals surface area contributed by atoms with Crippen molar-refractivity contribution in [3.05, 3.63) is 108 Å². The molecule has 5 aromatic rings. The van der Waals surface area contributed by atoms with Crippen LogP contribution in [0.2, 0.25) is 0 Å². The Morgan fingerprint density at radius 2 is 1.48 bits per heavy atom. The highest BCUT2D eigenvalue weighted by atomic mass is 16.5. The molecule has 0 amide bonds. The number of anilines is 2. The summed E-state index contributed by atoms with van der Waals surface area (Å²) in [4.78, 5) is 16.9. The van der Waals surface area contributed by atoms with Crippen molar-refractivity contribution in [1.82, 2.24) is 19.9 Å². The van der Waals surface area contributed by atoms with Gasteiger partial charge in [-0.25, -0.2) is 15.0 Å². The van der Waals surface area contributed by atoms with Crippen LogP contribution in [0.1, 0.15) is 22.9 Å². The van der Waals surface area contributed by atoms with Crippen molar-refractivity contribution in [3.8, 4) is 5.75 Å². The number of nitrogens with zero attached hydrogens (tertiary/aromatic N) is 3. The summed E-state index contributed by atoms with van der Waals surface area (Å²) < 4.78 is 5.23. The number of H-pyrrole nitrogens is 1. The molecule has 0 unspecified atom stereocenters. The number of nitrogens with one attached hydrogen (secondary N) is 2. The molecule has 0 spiro atoms. The quantitative estimate of drug-likeness (QED) is 0.411. The van der Waals surface area contributed by atoms with Gasteiger partial charge in [0.1, 0.15) is 11.6 Å². The van der Waals surface area contributed by atoms with Crippen LogP contribution in [0, 0.1) is 6.33 Å². The van der Waals surface area contributed by atoms with Gasteiger partial charge in [-0.05, 0) is 35.4 Å². The first-order chi connectivity index (χ1) is 15.3. The first kappa shape index (κ1) is 18.8. The first-order valence-electron chi connectivity index (χ1n) is 9.96. The highest BCUT2D eigenvalue weighted by Gasteiger charge is 2.22. The molecule has 5 rings (SSSR count). The Morgan fingerprint density at radius 3 is 2.10 bits per heavy atom. The molecule has 151 valence electrons. The van der Waals surface area contributed by atoms with Gasteiger partial charge in [-0.3, -0.25) is 0 Å². The predicted molar refractivity (Wildman–Crippen MR) is 121 cm³/mol. The molecule has 0 saturated heterocycles. The van der Waals surface area contributed by atoms with E-state index >= 15 is 0 Å². The van der Waals surface area contributed by atoms with E-state index in [1.807, 2.05) is 60.7 Å². The van der Waals surface area contributed by atoms with Gasteiger partial charge in [0, 0.05) is 5.69 Å². The summed E-state index contributed by atoms with van der Waals surface area (Å²) in [5.41, 5.74) is 4.48. The molecule has 6 heteroatoms. The molecule has 0 saturated carbocycles. The van der Waals surface area contributed by atoms with Crippen molar-refractivity contribution in [1.29, 1.82) is 0 Å². The second kappa shape index (κ2) is 8.28. The highest BCUT2D eigenvalue weighted by Crippen LogP contribution is 2.32. The van der Waals surface area contributed by atoms with E-state index in [1.165, 1.54) is 0 Å². The maximum absolute atomic E-state index is 5.23. The molecule has 0 aliphatic heterocycles. The zero-order valence-corrected chi connectivity index (χ0v) is 16.9. The molecule has 3 aromatic carbocycles. The normalized spacial score (nSPS) is 11.0. The summed E-state index contributed by atoms with van der Waals surface area (Å²) in [5, 5.41) is 3.31. The van der Waals surface area contributed by atoms with Gasteiger partial charge in [-0.2, -0.15) is 0 Å². The molecular weight excluding hydrogens is 386 g/mol. The number of rotatable bonds is 6. The summed E-state index contributed by atoms with van der Waals surface area (Å²) >= 11 is 0. The Labute approximate surface area is 180 Å². The van der Waals surface area contributed by atoms with Crippen LogP contribution in [0.5, 0.6) is 5.75 Å². The fraction of sp³-hybridized carbons (Fsp3) is 0.0800. The average molecular weight is 406 g/mol. The molecule has 31 heavy (non-hydrogen) atoms. The van der Waals surface area contributed by atoms with Crippen molar-refractivity contribution in [2.45, 2.75) is 5.92 Å². The third-order valence-corrected chi connectivity index (χ3v) is 5.14. The molecule has 2 aromatic heterocycles. The van der Waals surface area contributed by atoms with Crippen LogP contribution in [-0.2, 0) is 0 Å². The van der Waals surface area contributed by atoms with Gasteiger partial charge in [0.25, 0.3) is 0 Å². The number of aromatic nitrogens is 4. The van der Waals surface area contributed by atoms with Crippen LogP contribution >= 0.6 is 0 Å². The van der Waals surface area contributed by atoms with Crippen LogP contribution in [0.15, 0.2) is 84.9 Å². The van der Waals surface area contributed by atoms with Gasteiger partial charge < -0.3 is 15.0 Å². The molecule has 0 atom stereocenters. The maximum atomic E-state index is 5.23. The van der Waals surface area contributed by atoms with Crippen molar-refractivity contribution in [3.63, 3.8) is 0 Å². The van der Waals surface area contributed by atoms with E-state index in [-0.39, 0.29) is 5.92 Å². The minimum atomic E-state index is -0.0505. The minimum Gasteiger partial charge on any atom is -0.497 e. The van der Waals surface area contributed by atoms with E-state index in [4.69, 9.17) is 9.72 Å². The maximum Gasteiger partial charge on any atom is 0.201 e. The topological polar surface area (TPSA) is 75.7 Å². The fourth-order valence-electron chi connectivity index (χ4n) is 3.64. The Hall–Kier alpha value is -4.19. The van der Waals surface area contributed by atoms with Crippen molar-refractivity contribution >= 4 is 22.7 Å². The lowest BCUT2D eigenvalue weighted by Crippen LogP contribution is -2.05. The second-order valence-corrected chi connectivity index (χ2v) is 7.10. The van der Waals surface area contributed by atoms with E-state index in [9.17, 15) is 0 Å². The largest absolute Gasteiger partial charge is 0.497 e. The number of ether oxygens (including phenoxy) is 1. The lowest BCUT2D eigenvalue weighted by Gasteiger charge is -2.15. The zero-order chi connectivity index (χ0) is 21.0. The number of fused-ring (bicyclic) bond motifs is 1. The van der Waals surface area contributed by atoms with Gasteiger partial charge in [0.15, 0.2) is 17.0 Å². The number of hydrogen-bond donors (Lipinski definition) is 2. The summed E-state index contributed by atoms with van der Waals surface area (Å²) in [5.74, 6) is 2.14. The number of methoxy groups -OCH3 is 1. The molecule has 1 radical (unpaired) electrons. The summed E-state index contributed by atoms with van der Waals surface area (Å²) in [6, 6.07) is 28.3. The molecule has 2 heterocycles. The SMILES string of the molecule is COc1ccc(Nc2n[c]nc3[nH]c(C(c4ccccc4)c4ccccc4)nc23)cc1. The highest BCUT2D eigenvalue weighted by molar-refractivity contribution is 5.85. The van der Waals surface area contributed by atoms with Crippen LogP contribution in [-0.4, -0.2) is 27.0 Å². The Kier molecular flexibility index (Phi) is 5.02. The van der Waals surface area contributed by atoms with Crippen LogP contribution in [0.3, 0.4) is 0 Å². The summed E-state index contributed by atoms with van der Waals surface area (Å²) in [7, 11) is 1.65. The van der Waals surface area contributed by atoms with Gasteiger partial charge in [0.05, 0.1) is 13.0 Å². The Morgan fingerprint density at radius 1 is 0.839 bits per heavy atom. The smallest absolute Gasteiger partial charge is 0.201 e. The van der Waals surface area contributed by atoms with Gasteiger partial charge >= 0.3 is 0 Å². The molecule has 0 aliphatic rings. The lowest BCUT2D eigenvalue weighted by atomic mass is 9.91. The van der Waals surface area contributed by atoms with Gasteiger partial charge in [0.2, 0.25) is 6.33 Å². The molecular formula is C25H20N5O. The van der Waals surface area contributed by atoms with E-state index in [0.29, 0.717) is 17.0 Å². The summed E-state index contributed by atoms with van der Waals surface area (Å²) in [6.45, 7) is 0. The number of hydrogen-bond acceptors (Lipinski definition) is 5. The monoisotopic (exact) mass is 406 g/mol. The Bertz CT molecular complexity index is 1240. The second-order valence-electron chi connectivity index (χ2n) is 7.10. The minimum absolute atomic E-state index is 0.0505. The third kappa shape index (κ3) is 3.83. The fourth-order valence-corrected chi connectivity index (χ4v) is 3.64. The van der Waals surface area contributed by atoms with E-state index in [2.05, 4.69) is 50.9 Å². The molecule has 0 bridgehead atoms. The van der Waals surface area contributed by atoms with E-state index in [0.717, 1.165) is 28.4 Å². The molecule has 2 N–H and O–H groups in total. The van der Waals surface area contributed by atoms with E-state index < -0.39 is 0 Å². The zero-order valence-electron chi connectivity index (χ0n) is 16.9. The number of benzene rings is 3. The first-order valence-corrected chi connectivity index (χ1v) is 9.96. The number of aromatic amines is 1. The van der Waals surface area contributed by atoms with Gasteiger partial charge in [-0.1, -0.05) is 60.7 Å². The van der Waals surface area contributed by atoms with Crippen LogP contribution in [0.25, 0.3) is 11.2 Å². The number of imidazole rings is 1. The average Bonchev–Trinajstić information content (AvgIpc) is 3.26. The molecule has 0 aliphatic carbocycles. The van der Waals surface area contributed by atoms with Gasteiger partial charge in [-0.15, -0.1) is 0 Å². The van der Waals surface area contributed by atoms with Crippen LogP contribution < -0.4 is 10.1 Å². The predicted octanol–water partition coefficient (Wildman–Crippen LogP) is 5.09. The van der Waals surface area contributed by atoms with Crippen molar-refractivity contribution < 1.29 is 4.74 Å².